The molecule has 0 spiro atoms. The van der Waals surface area contributed by atoms with Crippen molar-refractivity contribution in [3.8, 4) is 0 Å². The first-order chi connectivity index (χ1) is 8.10. The van der Waals surface area contributed by atoms with Gasteiger partial charge in [-0.25, -0.2) is 0 Å². The Balaban J connectivity index is 3.83. The van der Waals surface area contributed by atoms with Crippen molar-refractivity contribution in [2.45, 2.75) is 66.2 Å². The summed E-state index contributed by atoms with van der Waals surface area (Å²) in [5, 5.41) is 9.59. The van der Waals surface area contributed by atoms with Crippen LogP contribution in [0.5, 0.6) is 0 Å². The van der Waals surface area contributed by atoms with Gasteiger partial charge in [0.25, 0.3) is 0 Å². The molecule has 0 aromatic rings. The van der Waals surface area contributed by atoms with Crippen molar-refractivity contribution in [3.63, 3.8) is 0 Å². The molecule has 1 unspecified atom stereocenters. The lowest BCUT2D eigenvalue weighted by atomic mass is 9.78. The van der Waals surface area contributed by atoms with E-state index >= 15 is 0 Å². The molecule has 0 saturated carbocycles. The van der Waals surface area contributed by atoms with E-state index in [2.05, 4.69) is 27.7 Å². The molecule has 0 radical (unpaired) electrons. The summed E-state index contributed by atoms with van der Waals surface area (Å²) in [5.41, 5.74) is 0.105. The second kappa shape index (κ2) is 9.90. The van der Waals surface area contributed by atoms with Gasteiger partial charge in [0.05, 0.1) is 0 Å². The number of aliphatic hydroxyl groups is 1. The van der Waals surface area contributed by atoms with Crippen LogP contribution in [-0.2, 0) is 4.74 Å². The summed E-state index contributed by atoms with van der Waals surface area (Å²) in [7, 11) is 0. The third-order valence-corrected chi connectivity index (χ3v) is 3.76. The second-order valence-corrected chi connectivity index (χ2v) is 5.66. The number of aliphatic hydroxyl groups excluding tert-OH is 1. The minimum atomic E-state index is 0.105. The van der Waals surface area contributed by atoms with E-state index in [1.807, 2.05) is 0 Å². The predicted octanol–water partition coefficient (Wildman–Crippen LogP) is 4.02. The normalized spacial score (nSPS) is 15.2. The molecule has 17 heavy (non-hydrogen) atoms. The Labute approximate surface area is 108 Å². The summed E-state index contributed by atoms with van der Waals surface area (Å²) >= 11 is 0. The van der Waals surface area contributed by atoms with Gasteiger partial charge in [0.15, 0.2) is 0 Å². The Morgan fingerprint density at radius 1 is 1.12 bits per heavy atom. The molecular weight excluding hydrogens is 212 g/mol. The maximum Gasteiger partial charge on any atom is 0.0488 e. The van der Waals surface area contributed by atoms with Crippen molar-refractivity contribution in [3.05, 3.63) is 0 Å². The van der Waals surface area contributed by atoms with Gasteiger partial charge in [-0.1, -0.05) is 40.5 Å². The highest BCUT2D eigenvalue weighted by molar-refractivity contribution is 4.76. The van der Waals surface area contributed by atoms with Crippen molar-refractivity contribution in [1.82, 2.24) is 0 Å². The molecule has 0 rings (SSSR count). The molecule has 104 valence electrons. The zero-order chi connectivity index (χ0) is 13.1. The van der Waals surface area contributed by atoms with E-state index in [9.17, 15) is 5.11 Å². The topological polar surface area (TPSA) is 29.5 Å². The second-order valence-electron chi connectivity index (χ2n) is 5.66. The van der Waals surface area contributed by atoms with Gasteiger partial charge < -0.3 is 9.84 Å². The number of hydrogen-bond acceptors (Lipinski definition) is 2. The molecule has 0 aliphatic rings. The highest BCUT2D eigenvalue weighted by Crippen LogP contribution is 2.32. The molecule has 0 aromatic carbocycles. The summed E-state index contributed by atoms with van der Waals surface area (Å²) in [5.74, 6) is 0.712. The van der Waals surface area contributed by atoms with Gasteiger partial charge >= 0.3 is 0 Å². The molecule has 0 amide bonds. The zero-order valence-electron chi connectivity index (χ0n) is 12.3. The van der Waals surface area contributed by atoms with E-state index in [0.717, 1.165) is 38.9 Å². The Bertz CT molecular complexity index is 162. The molecule has 0 fully saturated rings. The third-order valence-electron chi connectivity index (χ3n) is 3.76. The summed E-state index contributed by atoms with van der Waals surface area (Å²) in [6.45, 7) is 10.8. The first-order valence-electron chi connectivity index (χ1n) is 7.28. The number of hydrogen-bond donors (Lipinski definition) is 1. The van der Waals surface area contributed by atoms with Crippen molar-refractivity contribution < 1.29 is 9.84 Å². The van der Waals surface area contributed by atoms with Crippen LogP contribution in [0.2, 0.25) is 0 Å². The Morgan fingerprint density at radius 3 is 2.29 bits per heavy atom. The number of rotatable bonds is 11. The molecule has 2 heteroatoms. The molecule has 0 aliphatic heterocycles. The van der Waals surface area contributed by atoms with Gasteiger partial charge in [0.2, 0.25) is 0 Å². The molecule has 0 saturated heterocycles. The monoisotopic (exact) mass is 244 g/mol. The first kappa shape index (κ1) is 16.9. The van der Waals surface area contributed by atoms with Crippen LogP contribution >= 0.6 is 0 Å². The lowest BCUT2D eigenvalue weighted by Crippen LogP contribution is -2.26. The number of ether oxygens (including phenoxy) is 1. The standard InChI is InChI=1S/C15H32O2/c1-5-7-9-15(6-2,13-16)10-12-17-11-8-14(3)4/h14,16H,5-13H2,1-4H3. The summed E-state index contributed by atoms with van der Waals surface area (Å²) in [6, 6.07) is 0. The summed E-state index contributed by atoms with van der Waals surface area (Å²) in [6.07, 6.45) is 6.72. The largest absolute Gasteiger partial charge is 0.396 e. The Morgan fingerprint density at radius 2 is 1.82 bits per heavy atom. The smallest absolute Gasteiger partial charge is 0.0488 e. The highest BCUT2D eigenvalue weighted by Gasteiger charge is 2.26. The molecule has 1 N–H and O–H groups in total. The molecule has 2 nitrogen and oxygen atoms in total. The van der Waals surface area contributed by atoms with E-state index in [4.69, 9.17) is 4.74 Å². The van der Waals surface area contributed by atoms with Crippen LogP contribution in [0.25, 0.3) is 0 Å². The van der Waals surface area contributed by atoms with Crippen LogP contribution in [0.4, 0.5) is 0 Å². The Hall–Kier alpha value is -0.0800. The predicted molar refractivity (Wildman–Crippen MR) is 74.2 cm³/mol. The molecule has 0 aliphatic carbocycles. The molecule has 0 aromatic heterocycles. The summed E-state index contributed by atoms with van der Waals surface area (Å²) < 4.78 is 5.67. The lowest BCUT2D eigenvalue weighted by Gasteiger charge is -2.30. The van der Waals surface area contributed by atoms with Crippen LogP contribution < -0.4 is 0 Å². The van der Waals surface area contributed by atoms with E-state index in [1.165, 1.54) is 12.8 Å². The van der Waals surface area contributed by atoms with Crippen molar-refractivity contribution in [2.24, 2.45) is 11.3 Å². The molecule has 0 heterocycles. The van der Waals surface area contributed by atoms with Gasteiger partial charge in [-0.2, -0.15) is 0 Å². The fourth-order valence-corrected chi connectivity index (χ4v) is 2.01. The Kier molecular flexibility index (Phi) is 9.85. The number of unbranched alkanes of at least 4 members (excludes halogenated alkanes) is 1. The first-order valence-corrected chi connectivity index (χ1v) is 7.28. The van der Waals surface area contributed by atoms with Gasteiger partial charge in [0, 0.05) is 19.8 Å². The van der Waals surface area contributed by atoms with E-state index in [1.54, 1.807) is 0 Å². The van der Waals surface area contributed by atoms with Crippen LogP contribution in [0.15, 0.2) is 0 Å². The summed E-state index contributed by atoms with van der Waals surface area (Å²) in [4.78, 5) is 0. The van der Waals surface area contributed by atoms with Crippen molar-refractivity contribution >= 4 is 0 Å². The SMILES string of the molecule is CCCCC(CC)(CO)CCOCCC(C)C. The average molecular weight is 244 g/mol. The van der Waals surface area contributed by atoms with Crippen LogP contribution in [0, 0.1) is 11.3 Å². The van der Waals surface area contributed by atoms with E-state index in [0.29, 0.717) is 12.5 Å². The zero-order valence-corrected chi connectivity index (χ0v) is 12.3. The van der Waals surface area contributed by atoms with Crippen molar-refractivity contribution in [1.29, 1.82) is 0 Å². The molecular formula is C15H32O2. The highest BCUT2D eigenvalue weighted by atomic mass is 16.5. The quantitative estimate of drug-likeness (QED) is 0.556. The third kappa shape index (κ3) is 7.77. The van der Waals surface area contributed by atoms with E-state index < -0.39 is 0 Å². The molecule has 1 atom stereocenters. The maximum atomic E-state index is 9.59. The van der Waals surface area contributed by atoms with Gasteiger partial charge in [-0.15, -0.1) is 0 Å². The van der Waals surface area contributed by atoms with Gasteiger partial charge in [-0.05, 0) is 37.0 Å². The average Bonchev–Trinajstić information content (AvgIpc) is 2.33. The van der Waals surface area contributed by atoms with E-state index in [-0.39, 0.29) is 5.41 Å². The van der Waals surface area contributed by atoms with Crippen LogP contribution in [-0.4, -0.2) is 24.9 Å². The van der Waals surface area contributed by atoms with Crippen LogP contribution in [0.3, 0.4) is 0 Å². The lowest BCUT2D eigenvalue weighted by molar-refractivity contribution is 0.0438. The van der Waals surface area contributed by atoms with Crippen LogP contribution in [0.1, 0.15) is 66.2 Å². The van der Waals surface area contributed by atoms with Gasteiger partial charge in [-0.3, -0.25) is 0 Å². The minimum Gasteiger partial charge on any atom is -0.396 e. The van der Waals surface area contributed by atoms with Crippen molar-refractivity contribution in [2.75, 3.05) is 19.8 Å². The fourth-order valence-electron chi connectivity index (χ4n) is 2.01. The fraction of sp³-hybridized carbons (Fsp3) is 1.00. The molecule has 0 bridgehead atoms. The van der Waals surface area contributed by atoms with Gasteiger partial charge in [0.1, 0.15) is 0 Å². The minimum absolute atomic E-state index is 0.105. The maximum absolute atomic E-state index is 9.59.